The molecular formula is C14H17N3O3S. The molecule has 0 saturated heterocycles. The van der Waals surface area contributed by atoms with Gasteiger partial charge in [0.1, 0.15) is 18.7 Å². The first-order valence-corrected chi connectivity index (χ1v) is 7.43. The zero-order valence-corrected chi connectivity index (χ0v) is 12.7. The average molecular weight is 307 g/mol. The van der Waals surface area contributed by atoms with E-state index < -0.39 is 6.10 Å². The molecule has 0 saturated carbocycles. The minimum absolute atomic E-state index is 0.0150. The van der Waals surface area contributed by atoms with Gasteiger partial charge in [-0.25, -0.2) is 0 Å². The molecule has 0 spiro atoms. The number of hydrogen-bond acceptors (Lipinski definition) is 6. The predicted octanol–water partition coefficient (Wildman–Crippen LogP) is 1.55. The van der Waals surface area contributed by atoms with Crippen molar-refractivity contribution in [2.24, 2.45) is 7.05 Å². The second-order valence-corrected chi connectivity index (χ2v) is 5.57. The smallest absolute Gasteiger partial charge is 0.190 e. The van der Waals surface area contributed by atoms with Crippen LogP contribution in [0.15, 0.2) is 35.7 Å². The molecule has 0 aliphatic rings. The van der Waals surface area contributed by atoms with E-state index in [1.165, 1.54) is 18.7 Å². The molecule has 0 amide bonds. The SMILES string of the molecule is CC(=O)c1cccc(OCC(O)CSc2nncn2C)c1. The Morgan fingerprint density at radius 1 is 1.52 bits per heavy atom. The van der Waals surface area contributed by atoms with Crippen LogP contribution in [-0.4, -0.2) is 44.1 Å². The zero-order valence-electron chi connectivity index (χ0n) is 11.9. The van der Waals surface area contributed by atoms with Crippen LogP contribution in [-0.2, 0) is 7.05 Å². The van der Waals surface area contributed by atoms with Crippen LogP contribution in [0.25, 0.3) is 0 Å². The van der Waals surface area contributed by atoms with Crippen molar-refractivity contribution in [1.82, 2.24) is 14.8 Å². The van der Waals surface area contributed by atoms with Gasteiger partial charge in [0.25, 0.3) is 0 Å². The van der Waals surface area contributed by atoms with Crippen LogP contribution in [0, 0.1) is 0 Å². The topological polar surface area (TPSA) is 77.2 Å². The van der Waals surface area contributed by atoms with Crippen molar-refractivity contribution in [3.8, 4) is 5.75 Å². The lowest BCUT2D eigenvalue weighted by Crippen LogP contribution is -2.20. The van der Waals surface area contributed by atoms with Gasteiger partial charge in [-0.15, -0.1) is 10.2 Å². The van der Waals surface area contributed by atoms with Crippen molar-refractivity contribution < 1.29 is 14.6 Å². The van der Waals surface area contributed by atoms with Crippen molar-refractivity contribution in [2.75, 3.05) is 12.4 Å². The summed E-state index contributed by atoms with van der Waals surface area (Å²) in [6, 6.07) is 6.92. The largest absolute Gasteiger partial charge is 0.491 e. The number of carbonyl (C=O) groups is 1. The van der Waals surface area contributed by atoms with Crippen LogP contribution < -0.4 is 4.74 Å². The predicted molar refractivity (Wildman–Crippen MR) is 79.7 cm³/mol. The standard InChI is InChI=1S/C14H17N3O3S/c1-10(18)11-4-3-5-13(6-11)20-7-12(19)8-21-14-16-15-9-17(14)2/h3-6,9,12,19H,7-8H2,1-2H3. The summed E-state index contributed by atoms with van der Waals surface area (Å²) in [5, 5.41) is 18.3. The molecule has 1 atom stereocenters. The maximum atomic E-state index is 11.3. The van der Waals surface area contributed by atoms with Gasteiger partial charge in [0.2, 0.25) is 0 Å². The highest BCUT2D eigenvalue weighted by Gasteiger charge is 2.10. The Hall–Kier alpha value is -1.86. The molecule has 2 aromatic rings. The number of benzene rings is 1. The van der Waals surface area contributed by atoms with E-state index in [2.05, 4.69) is 10.2 Å². The number of carbonyl (C=O) groups excluding carboxylic acids is 1. The highest BCUT2D eigenvalue weighted by molar-refractivity contribution is 7.99. The molecule has 2 rings (SSSR count). The number of aliphatic hydroxyl groups is 1. The Morgan fingerprint density at radius 3 is 3.00 bits per heavy atom. The van der Waals surface area contributed by atoms with Crippen molar-refractivity contribution in [2.45, 2.75) is 18.2 Å². The van der Waals surface area contributed by atoms with Crippen LogP contribution in [0.2, 0.25) is 0 Å². The van der Waals surface area contributed by atoms with Gasteiger partial charge in [0.05, 0.1) is 6.10 Å². The Labute approximate surface area is 127 Å². The number of aromatic nitrogens is 3. The Bertz CT molecular complexity index is 615. The molecule has 0 fully saturated rings. The second-order valence-electron chi connectivity index (χ2n) is 4.58. The highest BCUT2D eigenvalue weighted by atomic mass is 32.2. The van der Waals surface area contributed by atoms with Crippen LogP contribution in [0.5, 0.6) is 5.75 Å². The maximum absolute atomic E-state index is 11.3. The van der Waals surface area contributed by atoms with Crippen molar-refractivity contribution in [3.05, 3.63) is 36.2 Å². The number of hydrogen-bond donors (Lipinski definition) is 1. The molecular weight excluding hydrogens is 290 g/mol. The number of nitrogens with zero attached hydrogens (tertiary/aromatic N) is 3. The molecule has 1 aromatic carbocycles. The van der Waals surface area contributed by atoms with E-state index in [4.69, 9.17) is 4.74 Å². The van der Waals surface area contributed by atoms with Gasteiger partial charge < -0.3 is 14.4 Å². The van der Waals surface area contributed by atoms with Gasteiger partial charge in [-0.2, -0.15) is 0 Å². The van der Waals surface area contributed by atoms with Crippen LogP contribution in [0.4, 0.5) is 0 Å². The lowest BCUT2D eigenvalue weighted by molar-refractivity contribution is 0.101. The Morgan fingerprint density at radius 2 is 2.33 bits per heavy atom. The number of ether oxygens (including phenoxy) is 1. The minimum Gasteiger partial charge on any atom is -0.491 e. The number of rotatable bonds is 7. The molecule has 0 bridgehead atoms. The third-order valence-corrected chi connectivity index (χ3v) is 3.94. The molecule has 1 N–H and O–H groups in total. The fourth-order valence-corrected chi connectivity index (χ4v) is 2.41. The van der Waals surface area contributed by atoms with E-state index in [0.29, 0.717) is 17.1 Å². The van der Waals surface area contributed by atoms with Crippen molar-refractivity contribution in [3.63, 3.8) is 0 Å². The summed E-state index contributed by atoms with van der Waals surface area (Å²) in [5.74, 6) is 1.02. The molecule has 1 unspecified atom stereocenters. The fraction of sp³-hybridized carbons (Fsp3) is 0.357. The number of Topliss-reactive ketones (excluding diaryl/α,β-unsaturated/α-hetero) is 1. The van der Waals surface area contributed by atoms with E-state index in [9.17, 15) is 9.90 Å². The Kier molecular flexibility index (Phi) is 5.35. The monoisotopic (exact) mass is 307 g/mol. The van der Waals surface area contributed by atoms with E-state index in [1.54, 1.807) is 35.2 Å². The van der Waals surface area contributed by atoms with E-state index in [-0.39, 0.29) is 12.4 Å². The minimum atomic E-state index is -0.632. The van der Waals surface area contributed by atoms with Crippen LogP contribution in [0.3, 0.4) is 0 Å². The molecule has 0 aliphatic heterocycles. The molecule has 1 heterocycles. The third kappa shape index (κ3) is 4.57. The molecule has 6 nitrogen and oxygen atoms in total. The van der Waals surface area contributed by atoms with E-state index >= 15 is 0 Å². The fourth-order valence-electron chi connectivity index (χ4n) is 1.62. The third-order valence-electron chi connectivity index (χ3n) is 2.76. The van der Waals surface area contributed by atoms with Gasteiger partial charge in [0, 0.05) is 18.4 Å². The van der Waals surface area contributed by atoms with Gasteiger partial charge in [-0.3, -0.25) is 4.79 Å². The number of thioether (sulfide) groups is 1. The number of aliphatic hydroxyl groups excluding tert-OH is 1. The summed E-state index contributed by atoms with van der Waals surface area (Å²) < 4.78 is 7.29. The highest BCUT2D eigenvalue weighted by Crippen LogP contribution is 2.17. The average Bonchev–Trinajstić information content (AvgIpc) is 2.88. The molecule has 0 aliphatic carbocycles. The van der Waals surface area contributed by atoms with Gasteiger partial charge in [-0.1, -0.05) is 23.9 Å². The quantitative estimate of drug-likeness (QED) is 0.618. The molecule has 0 radical (unpaired) electrons. The number of aryl methyl sites for hydroxylation is 1. The summed E-state index contributed by atoms with van der Waals surface area (Å²) in [5.41, 5.74) is 0.593. The van der Waals surface area contributed by atoms with E-state index in [0.717, 1.165) is 5.16 Å². The summed E-state index contributed by atoms with van der Waals surface area (Å²) in [6.07, 6.45) is 0.978. The van der Waals surface area contributed by atoms with Gasteiger partial charge >= 0.3 is 0 Å². The lowest BCUT2D eigenvalue weighted by atomic mass is 10.1. The second kappa shape index (κ2) is 7.24. The zero-order chi connectivity index (χ0) is 15.2. The first kappa shape index (κ1) is 15.5. The summed E-state index contributed by atoms with van der Waals surface area (Å²) in [4.78, 5) is 11.3. The maximum Gasteiger partial charge on any atom is 0.190 e. The lowest BCUT2D eigenvalue weighted by Gasteiger charge is -2.12. The van der Waals surface area contributed by atoms with E-state index in [1.807, 2.05) is 7.05 Å². The van der Waals surface area contributed by atoms with Gasteiger partial charge in [-0.05, 0) is 19.1 Å². The van der Waals surface area contributed by atoms with Crippen LogP contribution >= 0.6 is 11.8 Å². The first-order chi connectivity index (χ1) is 10.1. The molecule has 7 heteroatoms. The van der Waals surface area contributed by atoms with Crippen LogP contribution in [0.1, 0.15) is 17.3 Å². The van der Waals surface area contributed by atoms with Crippen molar-refractivity contribution >= 4 is 17.5 Å². The first-order valence-electron chi connectivity index (χ1n) is 6.45. The van der Waals surface area contributed by atoms with Crippen molar-refractivity contribution in [1.29, 1.82) is 0 Å². The molecule has 112 valence electrons. The summed E-state index contributed by atoms with van der Waals surface area (Å²) in [6.45, 7) is 1.66. The normalized spacial score (nSPS) is 12.1. The summed E-state index contributed by atoms with van der Waals surface area (Å²) in [7, 11) is 1.85. The van der Waals surface area contributed by atoms with Gasteiger partial charge in [0.15, 0.2) is 10.9 Å². The number of ketones is 1. The molecule has 1 aromatic heterocycles. The summed E-state index contributed by atoms with van der Waals surface area (Å²) >= 11 is 1.41. The Balaban J connectivity index is 1.81. The molecule has 21 heavy (non-hydrogen) atoms.